The number of hydrazone groups is 1. The summed E-state index contributed by atoms with van der Waals surface area (Å²) in [6.45, 7) is 4.90. The van der Waals surface area contributed by atoms with Crippen LogP contribution in [-0.2, 0) is 16.0 Å². The van der Waals surface area contributed by atoms with Gasteiger partial charge < -0.3 is 24.8 Å². The maximum absolute atomic E-state index is 13.9. The molecule has 10 nitrogen and oxygen atoms in total. The second-order valence-corrected chi connectivity index (χ2v) is 10.7. The van der Waals surface area contributed by atoms with Crippen molar-refractivity contribution in [3.63, 3.8) is 0 Å². The van der Waals surface area contributed by atoms with Crippen molar-refractivity contribution in [1.29, 1.82) is 0 Å². The molecule has 0 unspecified atom stereocenters. The highest BCUT2D eigenvalue weighted by atomic mass is 16.5. The van der Waals surface area contributed by atoms with Crippen LogP contribution in [0.2, 0.25) is 0 Å². The molecule has 0 aliphatic carbocycles. The number of nitrogens with zero attached hydrogens (tertiary/aromatic N) is 3. The fourth-order valence-corrected chi connectivity index (χ4v) is 5.83. The first-order valence-electron chi connectivity index (χ1n) is 14.2. The predicted octanol–water partition coefficient (Wildman–Crippen LogP) is 4.32. The van der Waals surface area contributed by atoms with E-state index in [2.05, 4.69) is 5.32 Å². The van der Waals surface area contributed by atoms with Crippen LogP contribution >= 0.6 is 0 Å². The molecule has 2 aromatic rings. The first-order chi connectivity index (χ1) is 19.7. The molecule has 4 rings (SSSR count). The van der Waals surface area contributed by atoms with Gasteiger partial charge in [0.1, 0.15) is 6.04 Å². The molecule has 1 fully saturated rings. The van der Waals surface area contributed by atoms with Crippen molar-refractivity contribution in [1.82, 2.24) is 15.2 Å². The SMILES string of the molecule is CCC1(CC)CC(c2ccc(OC)c(OC)c2)=NN(C2CCN(C(=O)[C@@H](Cc3ccccc3)NC(=O)O)CC2)C1=O. The van der Waals surface area contributed by atoms with E-state index >= 15 is 0 Å². The molecule has 10 heteroatoms. The molecular formula is C31H40N4O6. The lowest BCUT2D eigenvalue weighted by Crippen LogP contribution is -2.56. The highest BCUT2D eigenvalue weighted by Crippen LogP contribution is 2.40. The molecule has 1 saturated heterocycles. The molecule has 2 aromatic carbocycles. The van der Waals surface area contributed by atoms with Gasteiger partial charge in [0, 0.05) is 31.5 Å². The first-order valence-corrected chi connectivity index (χ1v) is 14.2. The maximum atomic E-state index is 13.9. The molecule has 0 radical (unpaired) electrons. The zero-order valence-electron chi connectivity index (χ0n) is 24.3. The number of hydrogen-bond donors (Lipinski definition) is 2. The normalized spacial score (nSPS) is 18.0. The third kappa shape index (κ3) is 6.47. The van der Waals surface area contributed by atoms with Gasteiger partial charge in [0.05, 0.1) is 31.4 Å². The van der Waals surface area contributed by atoms with Crippen LogP contribution in [0, 0.1) is 5.41 Å². The van der Waals surface area contributed by atoms with Gasteiger partial charge in [-0.1, -0.05) is 44.2 Å². The summed E-state index contributed by atoms with van der Waals surface area (Å²) >= 11 is 0. The Morgan fingerprint density at radius 1 is 1.05 bits per heavy atom. The van der Waals surface area contributed by atoms with Crippen molar-refractivity contribution in [2.45, 2.75) is 64.5 Å². The molecular weight excluding hydrogens is 524 g/mol. The molecule has 0 aromatic heterocycles. The number of benzene rings is 2. The number of rotatable bonds is 10. The largest absolute Gasteiger partial charge is 0.493 e. The molecule has 0 bridgehead atoms. The predicted molar refractivity (Wildman–Crippen MR) is 155 cm³/mol. The Balaban J connectivity index is 1.54. The van der Waals surface area contributed by atoms with Gasteiger partial charge in [-0.2, -0.15) is 5.10 Å². The molecule has 0 spiro atoms. The van der Waals surface area contributed by atoms with Crippen molar-refractivity contribution in [3.8, 4) is 11.5 Å². The zero-order chi connectivity index (χ0) is 29.6. The van der Waals surface area contributed by atoms with E-state index in [9.17, 15) is 19.5 Å². The summed E-state index contributed by atoms with van der Waals surface area (Å²) in [5.41, 5.74) is 2.01. The van der Waals surface area contributed by atoms with E-state index in [1.165, 1.54) is 0 Å². The van der Waals surface area contributed by atoms with Crippen molar-refractivity contribution < 1.29 is 29.0 Å². The molecule has 220 valence electrons. The summed E-state index contributed by atoms with van der Waals surface area (Å²) < 4.78 is 10.9. The van der Waals surface area contributed by atoms with Gasteiger partial charge in [0.2, 0.25) is 11.8 Å². The quantitative estimate of drug-likeness (QED) is 0.444. The smallest absolute Gasteiger partial charge is 0.405 e. The fraction of sp³-hybridized carbons (Fsp3) is 0.484. The second-order valence-electron chi connectivity index (χ2n) is 10.7. The highest BCUT2D eigenvalue weighted by Gasteiger charge is 2.46. The van der Waals surface area contributed by atoms with Gasteiger partial charge in [-0.15, -0.1) is 0 Å². The molecule has 2 aliphatic heterocycles. The lowest BCUT2D eigenvalue weighted by Gasteiger charge is -2.44. The number of hydrogen-bond acceptors (Lipinski definition) is 6. The van der Waals surface area contributed by atoms with Crippen LogP contribution in [0.4, 0.5) is 4.79 Å². The van der Waals surface area contributed by atoms with Crippen molar-refractivity contribution in [2.24, 2.45) is 10.5 Å². The highest BCUT2D eigenvalue weighted by molar-refractivity contribution is 6.06. The number of methoxy groups -OCH3 is 2. The second kappa shape index (κ2) is 13.1. The van der Waals surface area contributed by atoms with Gasteiger partial charge in [0.25, 0.3) is 0 Å². The van der Waals surface area contributed by atoms with E-state index in [1.54, 1.807) is 24.1 Å². The summed E-state index contributed by atoms with van der Waals surface area (Å²) in [6, 6.07) is 14.0. The van der Waals surface area contributed by atoms with Crippen molar-refractivity contribution in [3.05, 3.63) is 59.7 Å². The van der Waals surface area contributed by atoms with Gasteiger partial charge in [0.15, 0.2) is 11.5 Å². The van der Waals surface area contributed by atoms with E-state index in [-0.39, 0.29) is 24.3 Å². The number of piperidine rings is 1. The molecule has 2 aliphatic rings. The Kier molecular flexibility index (Phi) is 9.52. The van der Waals surface area contributed by atoms with E-state index < -0.39 is 17.6 Å². The van der Waals surface area contributed by atoms with Crippen LogP contribution in [0.3, 0.4) is 0 Å². The first kappa shape index (κ1) is 29.9. The molecule has 41 heavy (non-hydrogen) atoms. The number of carboxylic acid groups (broad SMARTS) is 1. The minimum absolute atomic E-state index is 0.0194. The number of carbonyl (C=O) groups excluding carboxylic acids is 2. The van der Waals surface area contributed by atoms with E-state index in [0.717, 1.165) is 16.8 Å². The lowest BCUT2D eigenvalue weighted by molar-refractivity contribution is -0.148. The lowest BCUT2D eigenvalue weighted by atomic mass is 9.74. The third-order valence-electron chi connectivity index (χ3n) is 8.47. The summed E-state index contributed by atoms with van der Waals surface area (Å²) in [5.74, 6) is 0.982. The third-order valence-corrected chi connectivity index (χ3v) is 8.47. The number of carbonyl (C=O) groups is 3. The van der Waals surface area contributed by atoms with Crippen LogP contribution in [0.25, 0.3) is 0 Å². The Morgan fingerprint density at radius 2 is 1.71 bits per heavy atom. The van der Waals surface area contributed by atoms with E-state index in [4.69, 9.17) is 14.6 Å². The Labute approximate surface area is 241 Å². The van der Waals surface area contributed by atoms with Crippen LogP contribution in [-0.4, -0.2) is 78.0 Å². The monoisotopic (exact) mass is 564 g/mol. The van der Waals surface area contributed by atoms with Gasteiger partial charge in [-0.05, 0) is 49.4 Å². The molecule has 2 heterocycles. The van der Waals surface area contributed by atoms with Crippen molar-refractivity contribution >= 4 is 23.6 Å². The standard InChI is InChI=1S/C31H40N4O6/c1-5-31(6-2)20-25(22-12-13-26(40-3)27(19-22)41-4)33-35(29(31)37)23-14-16-34(17-15-23)28(36)24(32-30(38)39)18-21-10-8-7-9-11-21/h7-13,19,23-24,32H,5-6,14-18,20H2,1-4H3,(H,38,39)/t24-/m1/s1. The summed E-state index contributed by atoms with van der Waals surface area (Å²) in [5, 5.41) is 18.3. The van der Waals surface area contributed by atoms with Crippen LogP contribution < -0.4 is 14.8 Å². The number of ether oxygens (including phenoxy) is 2. The van der Waals surface area contributed by atoms with Gasteiger partial charge in [-0.3, -0.25) is 9.59 Å². The van der Waals surface area contributed by atoms with Crippen molar-refractivity contribution in [2.75, 3.05) is 27.3 Å². The van der Waals surface area contributed by atoms with E-state index in [0.29, 0.717) is 56.7 Å². The Morgan fingerprint density at radius 3 is 2.29 bits per heavy atom. The van der Waals surface area contributed by atoms with E-state index in [1.807, 2.05) is 62.4 Å². The molecule has 0 saturated carbocycles. The number of likely N-dealkylation sites (tertiary alicyclic amines) is 1. The molecule has 2 N–H and O–H groups in total. The Hall–Kier alpha value is -4.08. The maximum Gasteiger partial charge on any atom is 0.405 e. The minimum atomic E-state index is -1.24. The molecule has 1 atom stereocenters. The van der Waals surface area contributed by atoms with Gasteiger partial charge in [-0.25, -0.2) is 9.80 Å². The summed E-state index contributed by atoms with van der Waals surface area (Å²) in [7, 11) is 3.18. The van der Waals surface area contributed by atoms with Crippen LogP contribution in [0.5, 0.6) is 11.5 Å². The summed E-state index contributed by atoms with van der Waals surface area (Å²) in [4.78, 5) is 40.4. The van der Waals surface area contributed by atoms with Crippen LogP contribution in [0.15, 0.2) is 53.6 Å². The number of nitrogens with one attached hydrogen (secondary N) is 1. The Bertz CT molecular complexity index is 1270. The minimum Gasteiger partial charge on any atom is -0.493 e. The van der Waals surface area contributed by atoms with Crippen LogP contribution in [0.1, 0.15) is 57.1 Å². The average Bonchev–Trinajstić information content (AvgIpc) is 3.00. The zero-order valence-corrected chi connectivity index (χ0v) is 24.3. The average molecular weight is 565 g/mol. The summed E-state index contributed by atoms with van der Waals surface area (Å²) in [6.07, 6.45) is 2.04. The van der Waals surface area contributed by atoms with Gasteiger partial charge >= 0.3 is 6.09 Å². The fourth-order valence-electron chi connectivity index (χ4n) is 5.83. The topological polar surface area (TPSA) is 121 Å². The number of amides is 3. The molecule has 3 amide bonds.